The number of carbonyl (C=O) groups is 2. The molecule has 2 saturated heterocycles. The van der Waals surface area contributed by atoms with Crippen LogP contribution < -0.4 is 10.1 Å². The van der Waals surface area contributed by atoms with Crippen LogP contribution in [-0.4, -0.2) is 71.5 Å². The number of carbonyl (C=O) groups excluding carboxylic acids is 2. The lowest BCUT2D eigenvalue weighted by molar-refractivity contribution is -0.135. The van der Waals surface area contributed by atoms with E-state index in [9.17, 15) is 9.59 Å². The fourth-order valence-corrected chi connectivity index (χ4v) is 6.05. The summed E-state index contributed by atoms with van der Waals surface area (Å²) >= 11 is 0. The number of likely N-dealkylation sites (N-methyl/N-ethyl adjacent to an activating group) is 1. The first-order chi connectivity index (χ1) is 16.9. The molecular weight excluding hydrogens is 440 g/mol. The largest absolute Gasteiger partial charge is 0.494 e. The number of anilines is 1. The van der Waals surface area contributed by atoms with Crippen molar-refractivity contribution in [1.29, 1.82) is 0 Å². The van der Waals surface area contributed by atoms with Crippen molar-refractivity contribution in [2.45, 2.75) is 43.8 Å². The zero-order valence-corrected chi connectivity index (χ0v) is 20.7. The Balaban J connectivity index is 1.54. The molecule has 4 atom stereocenters. The number of fused-ring (bicyclic) bond motifs is 4. The maximum absolute atomic E-state index is 13.9. The second-order valence-electron chi connectivity index (χ2n) is 9.95. The van der Waals surface area contributed by atoms with Crippen LogP contribution in [0.5, 0.6) is 5.75 Å². The minimum absolute atomic E-state index is 0.0301. The van der Waals surface area contributed by atoms with E-state index in [1.807, 2.05) is 56.1 Å². The van der Waals surface area contributed by atoms with Crippen LogP contribution in [-0.2, 0) is 4.79 Å². The molecule has 0 spiro atoms. The van der Waals surface area contributed by atoms with Gasteiger partial charge in [-0.25, -0.2) is 4.79 Å². The fourth-order valence-electron chi connectivity index (χ4n) is 6.05. The summed E-state index contributed by atoms with van der Waals surface area (Å²) in [6, 6.07) is 15.7. The average molecular weight is 475 g/mol. The van der Waals surface area contributed by atoms with Gasteiger partial charge in [-0.3, -0.25) is 9.69 Å². The molecule has 0 bridgehead atoms. The van der Waals surface area contributed by atoms with Crippen LogP contribution in [0.2, 0.25) is 0 Å². The van der Waals surface area contributed by atoms with Gasteiger partial charge in [0, 0.05) is 31.2 Å². The minimum Gasteiger partial charge on any atom is -0.494 e. The smallest absolute Gasteiger partial charge is 0.328 e. The number of imide groups is 1. The lowest BCUT2D eigenvalue weighted by atomic mass is 9.72. The summed E-state index contributed by atoms with van der Waals surface area (Å²) < 4.78 is 5.78. The molecule has 0 aliphatic carbocycles. The van der Waals surface area contributed by atoms with Gasteiger partial charge in [-0.15, -0.1) is 6.58 Å². The topological polar surface area (TPSA) is 65.1 Å². The zero-order chi connectivity index (χ0) is 24.7. The third-order valence-corrected chi connectivity index (χ3v) is 7.69. The Bertz CT molecular complexity index is 1140. The van der Waals surface area contributed by atoms with Crippen molar-refractivity contribution in [3.8, 4) is 5.75 Å². The summed E-state index contributed by atoms with van der Waals surface area (Å²) in [7, 11) is 1.97. The van der Waals surface area contributed by atoms with Gasteiger partial charge in [-0.05, 0) is 56.6 Å². The Morgan fingerprint density at radius 2 is 2.00 bits per heavy atom. The second-order valence-corrected chi connectivity index (χ2v) is 9.95. The van der Waals surface area contributed by atoms with Crippen molar-refractivity contribution in [2.75, 3.05) is 38.6 Å². The van der Waals surface area contributed by atoms with Crippen LogP contribution >= 0.6 is 0 Å². The summed E-state index contributed by atoms with van der Waals surface area (Å²) in [6.45, 7) is 9.97. The van der Waals surface area contributed by atoms with Crippen molar-refractivity contribution in [2.24, 2.45) is 0 Å². The molecule has 7 nitrogen and oxygen atoms in total. The van der Waals surface area contributed by atoms with Crippen LogP contribution in [0.1, 0.15) is 43.4 Å². The molecule has 5 rings (SSSR count). The molecule has 0 saturated carbocycles. The van der Waals surface area contributed by atoms with E-state index in [0.29, 0.717) is 32.7 Å². The standard InChI is InChI=1S/C28H34N4O3/c1-5-14-30(4)15-16-31-26(33)28(3)18-22-21-17-20(35-6-2)12-13-23(21)29-24(22)25(32(28)27(31)34)19-10-8-7-9-11-19/h5,7-13,17,22,24-25,29H,1,6,14-16,18H2,2-4H3/t22?,24?,25-,28+/m1/s1. The second kappa shape index (κ2) is 9.04. The predicted octanol–water partition coefficient (Wildman–Crippen LogP) is 4.25. The lowest BCUT2D eigenvalue weighted by Gasteiger charge is -2.48. The maximum Gasteiger partial charge on any atom is 0.328 e. The van der Waals surface area contributed by atoms with Gasteiger partial charge < -0.3 is 19.9 Å². The molecule has 2 aromatic rings. The van der Waals surface area contributed by atoms with Gasteiger partial charge >= 0.3 is 6.03 Å². The van der Waals surface area contributed by atoms with Gasteiger partial charge in [0.05, 0.1) is 18.7 Å². The number of urea groups is 1. The van der Waals surface area contributed by atoms with E-state index in [0.717, 1.165) is 22.6 Å². The molecule has 3 aliphatic heterocycles. The van der Waals surface area contributed by atoms with Gasteiger partial charge in [0.15, 0.2) is 0 Å². The third kappa shape index (κ3) is 3.78. The molecule has 3 heterocycles. The number of piperidine rings is 1. The lowest BCUT2D eigenvalue weighted by Crippen LogP contribution is -2.58. The highest BCUT2D eigenvalue weighted by Crippen LogP contribution is 2.55. The molecule has 0 aromatic heterocycles. The van der Waals surface area contributed by atoms with E-state index >= 15 is 0 Å². The molecule has 3 amide bonds. The Morgan fingerprint density at radius 1 is 1.23 bits per heavy atom. The number of nitrogens with one attached hydrogen (secondary N) is 1. The minimum atomic E-state index is -0.916. The molecule has 2 unspecified atom stereocenters. The summed E-state index contributed by atoms with van der Waals surface area (Å²) in [4.78, 5) is 33.1. The number of hydrogen-bond acceptors (Lipinski definition) is 5. The van der Waals surface area contributed by atoms with Gasteiger partial charge in [0.2, 0.25) is 0 Å². The third-order valence-electron chi connectivity index (χ3n) is 7.69. The Labute approximate surface area is 207 Å². The summed E-state index contributed by atoms with van der Waals surface area (Å²) in [6.07, 6.45) is 2.39. The van der Waals surface area contributed by atoms with E-state index in [1.165, 1.54) is 4.90 Å². The summed E-state index contributed by atoms with van der Waals surface area (Å²) in [5.74, 6) is 0.804. The Hall–Kier alpha value is -3.32. The zero-order valence-electron chi connectivity index (χ0n) is 20.7. The number of amides is 3. The molecule has 2 aromatic carbocycles. The van der Waals surface area contributed by atoms with Crippen LogP contribution in [0.25, 0.3) is 0 Å². The van der Waals surface area contributed by atoms with E-state index in [1.54, 1.807) is 0 Å². The van der Waals surface area contributed by atoms with E-state index in [2.05, 4.69) is 41.1 Å². The first kappa shape index (κ1) is 23.4. The summed E-state index contributed by atoms with van der Waals surface area (Å²) in [5, 5.41) is 3.70. The van der Waals surface area contributed by atoms with Crippen LogP contribution in [0.4, 0.5) is 10.5 Å². The number of ether oxygens (including phenoxy) is 1. The number of rotatable bonds is 8. The maximum atomic E-state index is 13.9. The van der Waals surface area contributed by atoms with Gasteiger partial charge in [-0.2, -0.15) is 0 Å². The normalized spacial score (nSPS) is 26.9. The van der Waals surface area contributed by atoms with Crippen LogP contribution in [0, 0.1) is 0 Å². The first-order valence-corrected chi connectivity index (χ1v) is 12.4. The van der Waals surface area contributed by atoms with Crippen molar-refractivity contribution in [3.63, 3.8) is 0 Å². The number of benzene rings is 2. The molecule has 35 heavy (non-hydrogen) atoms. The molecule has 2 fully saturated rings. The molecular formula is C28H34N4O3. The molecule has 0 radical (unpaired) electrons. The van der Waals surface area contributed by atoms with Crippen molar-refractivity contribution < 1.29 is 14.3 Å². The van der Waals surface area contributed by atoms with E-state index in [-0.39, 0.29) is 29.9 Å². The van der Waals surface area contributed by atoms with E-state index in [4.69, 9.17) is 4.74 Å². The average Bonchev–Trinajstić information content (AvgIpc) is 3.29. The van der Waals surface area contributed by atoms with Crippen LogP contribution in [0.3, 0.4) is 0 Å². The quantitative estimate of drug-likeness (QED) is 0.458. The molecule has 7 heteroatoms. The monoisotopic (exact) mass is 474 g/mol. The predicted molar refractivity (Wildman–Crippen MR) is 137 cm³/mol. The molecule has 184 valence electrons. The fraction of sp³-hybridized carbons (Fsp3) is 0.429. The number of hydrogen-bond donors (Lipinski definition) is 1. The number of nitrogens with zero attached hydrogens (tertiary/aromatic N) is 3. The van der Waals surface area contributed by atoms with Crippen molar-refractivity contribution in [3.05, 3.63) is 72.3 Å². The van der Waals surface area contributed by atoms with Crippen molar-refractivity contribution >= 4 is 17.6 Å². The van der Waals surface area contributed by atoms with Gasteiger partial charge in [0.25, 0.3) is 5.91 Å². The van der Waals surface area contributed by atoms with Crippen LogP contribution in [0.15, 0.2) is 61.2 Å². The highest BCUT2D eigenvalue weighted by atomic mass is 16.5. The Kier molecular flexibility index (Phi) is 6.05. The van der Waals surface area contributed by atoms with Gasteiger partial charge in [-0.1, -0.05) is 36.4 Å². The highest BCUT2D eigenvalue weighted by Gasteiger charge is 2.63. The SMILES string of the molecule is C=CCN(C)CCN1C(=O)N2[C@H](c3ccccc3)C3Nc4ccc(OCC)cc4C3C[C@@]2(C)C1=O. The Morgan fingerprint density at radius 3 is 2.71 bits per heavy atom. The molecule has 1 N–H and O–H groups in total. The first-order valence-electron chi connectivity index (χ1n) is 12.4. The van der Waals surface area contributed by atoms with Gasteiger partial charge in [0.1, 0.15) is 11.3 Å². The highest BCUT2D eigenvalue weighted by molar-refractivity contribution is 6.07. The van der Waals surface area contributed by atoms with E-state index < -0.39 is 5.54 Å². The van der Waals surface area contributed by atoms with Crippen molar-refractivity contribution in [1.82, 2.24) is 14.7 Å². The summed E-state index contributed by atoms with van der Waals surface area (Å²) in [5.41, 5.74) is 2.33. The molecule has 3 aliphatic rings.